The van der Waals surface area contributed by atoms with Gasteiger partial charge in [0.1, 0.15) is 11.6 Å². The lowest BCUT2D eigenvalue weighted by Gasteiger charge is -2.14. The standard InChI is InChI=1S/C12H17N3O/c1-10(5-6-11-4-3-9-16-11)14-12-7-8-13-15(12)2/h3-4,7-10,14H,5-6H2,1-2H3. The molecule has 0 bridgehead atoms. The van der Waals surface area contributed by atoms with Crippen LogP contribution in [0.1, 0.15) is 19.1 Å². The van der Waals surface area contributed by atoms with Crippen LogP contribution in [0.4, 0.5) is 5.82 Å². The van der Waals surface area contributed by atoms with Gasteiger partial charge >= 0.3 is 0 Å². The SMILES string of the molecule is CC(CCc1ccco1)Nc1ccnn1C. The second-order valence-corrected chi connectivity index (χ2v) is 4.00. The number of hydrogen-bond acceptors (Lipinski definition) is 3. The summed E-state index contributed by atoms with van der Waals surface area (Å²) in [4.78, 5) is 0. The Bertz CT molecular complexity index is 419. The van der Waals surface area contributed by atoms with Gasteiger partial charge in [0.2, 0.25) is 0 Å². The molecule has 1 N–H and O–H groups in total. The Labute approximate surface area is 95.3 Å². The summed E-state index contributed by atoms with van der Waals surface area (Å²) in [6.07, 6.45) is 5.51. The average Bonchev–Trinajstić information content (AvgIpc) is 2.88. The first-order valence-corrected chi connectivity index (χ1v) is 5.52. The van der Waals surface area contributed by atoms with E-state index in [2.05, 4.69) is 17.3 Å². The summed E-state index contributed by atoms with van der Waals surface area (Å²) in [5.41, 5.74) is 0. The molecule has 0 aliphatic heterocycles. The summed E-state index contributed by atoms with van der Waals surface area (Å²) >= 11 is 0. The van der Waals surface area contributed by atoms with Crippen LogP contribution >= 0.6 is 0 Å². The third-order valence-corrected chi connectivity index (χ3v) is 2.62. The van der Waals surface area contributed by atoms with E-state index >= 15 is 0 Å². The van der Waals surface area contributed by atoms with Crippen molar-refractivity contribution in [2.24, 2.45) is 7.05 Å². The van der Waals surface area contributed by atoms with Crippen molar-refractivity contribution in [3.05, 3.63) is 36.4 Å². The molecule has 0 radical (unpaired) electrons. The van der Waals surface area contributed by atoms with Crippen molar-refractivity contribution < 1.29 is 4.42 Å². The van der Waals surface area contributed by atoms with E-state index in [0.29, 0.717) is 6.04 Å². The lowest BCUT2D eigenvalue weighted by atomic mass is 10.1. The van der Waals surface area contributed by atoms with Crippen LogP contribution in [0, 0.1) is 0 Å². The molecule has 0 aliphatic rings. The van der Waals surface area contributed by atoms with Crippen LogP contribution in [0.25, 0.3) is 0 Å². The lowest BCUT2D eigenvalue weighted by molar-refractivity contribution is 0.494. The first kappa shape index (κ1) is 10.8. The van der Waals surface area contributed by atoms with Gasteiger partial charge in [-0.15, -0.1) is 0 Å². The van der Waals surface area contributed by atoms with E-state index in [0.717, 1.165) is 24.4 Å². The third-order valence-electron chi connectivity index (χ3n) is 2.62. The van der Waals surface area contributed by atoms with Gasteiger partial charge in [0, 0.05) is 25.6 Å². The Morgan fingerprint density at radius 1 is 1.50 bits per heavy atom. The zero-order valence-corrected chi connectivity index (χ0v) is 9.68. The predicted molar refractivity (Wildman–Crippen MR) is 63.3 cm³/mol. The number of rotatable bonds is 5. The van der Waals surface area contributed by atoms with Crippen molar-refractivity contribution in [3.63, 3.8) is 0 Å². The number of hydrogen-bond donors (Lipinski definition) is 1. The van der Waals surface area contributed by atoms with Gasteiger partial charge in [-0.05, 0) is 25.5 Å². The number of nitrogens with one attached hydrogen (secondary N) is 1. The molecule has 0 spiro atoms. The van der Waals surface area contributed by atoms with Crippen molar-refractivity contribution in [2.75, 3.05) is 5.32 Å². The second-order valence-electron chi connectivity index (χ2n) is 4.00. The molecule has 0 saturated heterocycles. The maximum Gasteiger partial charge on any atom is 0.124 e. The van der Waals surface area contributed by atoms with E-state index in [1.165, 1.54) is 0 Å². The van der Waals surface area contributed by atoms with E-state index in [4.69, 9.17) is 4.42 Å². The molecule has 1 unspecified atom stereocenters. The molecule has 0 amide bonds. The largest absolute Gasteiger partial charge is 0.469 e. The number of anilines is 1. The summed E-state index contributed by atoms with van der Waals surface area (Å²) in [6, 6.07) is 6.31. The van der Waals surface area contributed by atoms with Gasteiger partial charge in [0.25, 0.3) is 0 Å². The van der Waals surface area contributed by atoms with E-state index < -0.39 is 0 Å². The number of aromatic nitrogens is 2. The monoisotopic (exact) mass is 219 g/mol. The van der Waals surface area contributed by atoms with Gasteiger partial charge in [-0.3, -0.25) is 4.68 Å². The predicted octanol–water partition coefficient (Wildman–Crippen LogP) is 2.45. The van der Waals surface area contributed by atoms with E-state index in [1.54, 1.807) is 12.5 Å². The Kier molecular flexibility index (Phi) is 3.29. The molecule has 2 heterocycles. The van der Waals surface area contributed by atoms with Crippen LogP contribution in [0.3, 0.4) is 0 Å². The lowest BCUT2D eigenvalue weighted by Crippen LogP contribution is -2.17. The minimum atomic E-state index is 0.403. The normalized spacial score (nSPS) is 12.6. The Hall–Kier alpha value is -1.71. The molecule has 0 aromatic carbocycles. The average molecular weight is 219 g/mol. The van der Waals surface area contributed by atoms with Gasteiger partial charge < -0.3 is 9.73 Å². The molecule has 0 saturated carbocycles. The smallest absolute Gasteiger partial charge is 0.124 e. The molecule has 2 rings (SSSR count). The van der Waals surface area contributed by atoms with Crippen LogP contribution < -0.4 is 5.32 Å². The second kappa shape index (κ2) is 4.88. The van der Waals surface area contributed by atoms with Crippen LogP contribution in [-0.2, 0) is 13.5 Å². The highest BCUT2D eigenvalue weighted by Crippen LogP contribution is 2.10. The van der Waals surface area contributed by atoms with Crippen molar-refractivity contribution in [3.8, 4) is 0 Å². The van der Waals surface area contributed by atoms with Crippen LogP contribution in [0.15, 0.2) is 35.1 Å². The molecule has 16 heavy (non-hydrogen) atoms. The fourth-order valence-electron chi connectivity index (χ4n) is 1.65. The molecule has 2 aromatic heterocycles. The molecule has 0 fully saturated rings. The molecule has 2 aromatic rings. The van der Waals surface area contributed by atoms with Gasteiger partial charge in [-0.1, -0.05) is 0 Å². The van der Waals surface area contributed by atoms with Gasteiger partial charge in [0.05, 0.1) is 12.5 Å². The van der Waals surface area contributed by atoms with Gasteiger partial charge in [0.15, 0.2) is 0 Å². The Balaban J connectivity index is 1.81. The number of nitrogens with zero attached hydrogens (tertiary/aromatic N) is 2. The maximum atomic E-state index is 5.30. The van der Waals surface area contributed by atoms with Crippen molar-refractivity contribution in [2.45, 2.75) is 25.8 Å². The molecule has 4 nitrogen and oxygen atoms in total. The summed E-state index contributed by atoms with van der Waals surface area (Å²) in [5, 5.41) is 7.53. The maximum absolute atomic E-state index is 5.30. The van der Waals surface area contributed by atoms with Crippen molar-refractivity contribution in [1.29, 1.82) is 0 Å². The topological polar surface area (TPSA) is 43.0 Å². The number of furan rings is 1. The zero-order valence-electron chi connectivity index (χ0n) is 9.68. The summed E-state index contributed by atoms with van der Waals surface area (Å²) < 4.78 is 7.13. The minimum Gasteiger partial charge on any atom is -0.469 e. The van der Waals surface area contributed by atoms with E-state index in [-0.39, 0.29) is 0 Å². The van der Waals surface area contributed by atoms with Crippen molar-refractivity contribution in [1.82, 2.24) is 9.78 Å². The fraction of sp³-hybridized carbons (Fsp3) is 0.417. The van der Waals surface area contributed by atoms with E-state index in [1.807, 2.05) is 29.9 Å². The minimum absolute atomic E-state index is 0.403. The highest BCUT2D eigenvalue weighted by molar-refractivity contribution is 5.34. The highest BCUT2D eigenvalue weighted by atomic mass is 16.3. The molecular weight excluding hydrogens is 202 g/mol. The molecule has 1 atom stereocenters. The van der Waals surface area contributed by atoms with Crippen molar-refractivity contribution >= 4 is 5.82 Å². The van der Waals surface area contributed by atoms with Gasteiger partial charge in [-0.2, -0.15) is 5.10 Å². The highest BCUT2D eigenvalue weighted by Gasteiger charge is 2.05. The first-order chi connectivity index (χ1) is 7.75. The summed E-state index contributed by atoms with van der Waals surface area (Å²) in [5.74, 6) is 2.09. The Morgan fingerprint density at radius 2 is 2.38 bits per heavy atom. The fourth-order valence-corrected chi connectivity index (χ4v) is 1.65. The number of aryl methyl sites for hydroxylation is 2. The molecule has 4 heteroatoms. The van der Waals surface area contributed by atoms with Gasteiger partial charge in [-0.25, -0.2) is 0 Å². The Morgan fingerprint density at radius 3 is 3.00 bits per heavy atom. The first-order valence-electron chi connectivity index (χ1n) is 5.52. The third kappa shape index (κ3) is 2.66. The van der Waals surface area contributed by atoms with Crippen LogP contribution in [-0.4, -0.2) is 15.8 Å². The summed E-state index contributed by atoms with van der Waals surface area (Å²) in [6.45, 7) is 2.16. The van der Waals surface area contributed by atoms with Crippen LogP contribution in [0.5, 0.6) is 0 Å². The quantitative estimate of drug-likeness (QED) is 0.840. The van der Waals surface area contributed by atoms with Crippen LogP contribution in [0.2, 0.25) is 0 Å². The molecule has 86 valence electrons. The molecule has 0 aliphatic carbocycles. The molecular formula is C12H17N3O. The van der Waals surface area contributed by atoms with E-state index in [9.17, 15) is 0 Å². The summed E-state index contributed by atoms with van der Waals surface area (Å²) in [7, 11) is 1.93. The zero-order chi connectivity index (χ0) is 11.4.